The van der Waals surface area contributed by atoms with Gasteiger partial charge in [0, 0.05) is 26.9 Å². The van der Waals surface area contributed by atoms with Crippen LogP contribution in [-0.4, -0.2) is 164 Å². The van der Waals surface area contributed by atoms with Gasteiger partial charge in [-0.3, -0.25) is 18.7 Å². The molecule has 0 spiro atoms. The maximum Gasteiger partial charge on any atom is 0.496 e. The highest BCUT2D eigenvalue weighted by atomic mass is 31.3. The molecule has 0 radical (unpaired) electrons. The minimum atomic E-state index is -3.01. The Morgan fingerprint density at radius 1 is 0.541 bits per heavy atom. The molecule has 0 aliphatic heterocycles. The first kappa shape index (κ1) is 37.8. The standard InChI is InChI=1S/C21H59N11P5/c1-20-21-32(14)37(30(10)11,31(12)13)25-36(22-33(15,16)17,23-34(18,26(2)3)27(4)5)24-35(19,28(6)7)29(8)9/h20H,1,21H2,2-19H3/q+1. The minimum absolute atomic E-state index is 0.694. The van der Waals surface area contributed by atoms with E-state index < -0.39 is 37.1 Å². The zero-order chi connectivity index (χ0) is 29.8. The Hall–Kier alpha value is 0.810. The van der Waals surface area contributed by atoms with Crippen molar-refractivity contribution in [1.29, 1.82) is 0 Å². The van der Waals surface area contributed by atoms with Crippen molar-refractivity contribution in [2.75, 3.05) is 131 Å². The van der Waals surface area contributed by atoms with Crippen molar-refractivity contribution in [3.05, 3.63) is 12.7 Å². The van der Waals surface area contributed by atoms with E-state index >= 15 is 0 Å². The lowest BCUT2D eigenvalue weighted by Gasteiger charge is -2.41. The molecule has 0 amide bonds. The summed E-state index contributed by atoms with van der Waals surface area (Å²) >= 11 is 0. The van der Waals surface area contributed by atoms with Crippen molar-refractivity contribution in [1.82, 2.24) is 32.7 Å². The molecule has 0 bridgehead atoms. The summed E-state index contributed by atoms with van der Waals surface area (Å²) in [6, 6.07) is 0. The van der Waals surface area contributed by atoms with Gasteiger partial charge in [0.1, 0.15) is 14.7 Å². The lowest BCUT2D eigenvalue weighted by Crippen LogP contribution is -2.33. The van der Waals surface area contributed by atoms with Gasteiger partial charge in [-0.2, -0.15) is 0 Å². The summed E-state index contributed by atoms with van der Waals surface area (Å²) in [5.74, 6) is 0. The van der Waals surface area contributed by atoms with Gasteiger partial charge < -0.3 is 0 Å². The number of hydrogen-bond donors (Lipinski definition) is 0. The highest BCUT2D eigenvalue weighted by Crippen LogP contribution is 2.84. The van der Waals surface area contributed by atoms with Crippen molar-refractivity contribution in [2.45, 2.75) is 0 Å². The fraction of sp³-hybridized carbons (Fsp3) is 0.905. The Balaban J connectivity index is 8.88. The molecule has 0 aliphatic rings. The third-order valence-electron chi connectivity index (χ3n) is 6.16. The van der Waals surface area contributed by atoms with Crippen LogP contribution < -0.4 is 0 Å². The summed E-state index contributed by atoms with van der Waals surface area (Å²) in [6.07, 6.45) is 1.94. The number of likely N-dealkylation sites (N-methyl/N-ethyl adjacent to an activating group) is 1. The van der Waals surface area contributed by atoms with Crippen molar-refractivity contribution in [3.63, 3.8) is 0 Å². The quantitative estimate of drug-likeness (QED) is 0.172. The smallest absolute Gasteiger partial charge is 0.261 e. The van der Waals surface area contributed by atoms with Gasteiger partial charge in [-0.25, -0.2) is 14.0 Å². The van der Waals surface area contributed by atoms with Crippen LogP contribution >= 0.6 is 37.1 Å². The summed E-state index contributed by atoms with van der Waals surface area (Å²) in [5.41, 5.74) is 0. The van der Waals surface area contributed by atoms with Crippen molar-refractivity contribution in [2.24, 2.45) is 18.1 Å². The first-order chi connectivity index (χ1) is 16.5. The normalized spacial score (nSPS) is 14.5. The highest BCUT2D eigenvalue weighted by Gasteiger charge is 2.52. The Bertz CT molecular complexity index is 911. The maximum atomic E-state index is 5.87. The Morgan fingerprint density at radius 3 is 1.08 bits per heavy atom. The molecule has 11 nitrogen and oxygen atoms in total. The predicted molar refractivity (Wildman–Crippen MR) is 179 cm³/mol. The largest absolute Gasteiger partial charge is 0.496 e. The molecule has 0 rings (SSSR count). The van der Waals surface area contributed by atoms with E-state index in [0.717, 1.165) is 0 Å². The number of nitrogens with zero attached hydrogens (tertiary/aromatic N) is 11. The van der Waals surface area contributed by atoms with Crippen LogP contribution in [0.25, 0.3) is 0 Å². The molecule has 0 N–H and O–H groups in total. The molecule has 37 heavy (non-hydrogen) atoms. The van der Waals surface area contributed by atoms with Crippen molar-refractivity contribution >= 4 is 37.1 Å². The Labute approximate surface area is 231 Å². The summed E-state index contributed by atoms with van der Waals surface area (Å²) in [5, 5.41) is 0. The maximum absolute atomic E-state index is 5.87. The van der Waals surface area contributed by atoms with Gasteiger partial charge in [-0.05, 0) is 125 Å². The molecule has 0 saturated heterocycles. The van der Waals surface area contributed by atoms with Crippen LogP contribution in [0.3, 0.4) is 0 Å². The molecule has 222 valence electrons. The van der Waals surface area contributed by atoms with Gasteiger partial charge in [-0.1, -0.05) is 10.6 Å². The van der Waals surface area contributed by atoms with Crippen LogP contribution in [0, 0.1) is 0 Å². The molecule has 0 unspecified atom stereocenters. The van der Waals surface area contributed by atoms with E-state index in [0.29, 0.717) is 6.54 Å². The SMILES string of the molecule is C=CCN(C)P(=N[P+](N=P(C)(C)C)(N=P(C)(N(C)C)N(C)C)N=P(C)(N(C)C)N(C)C)(N(C)C)N(C)C. The number of hydrogen-bond acceptors (Lipinski definition) is 4. The first-order valence-corrected chi connectivity index (χ1v) is 22.7. The van der Waals surface area contributed by atoms with E-state index in [1.165, 1.54) is 0 Å². The average molecular weight is 621 g/mol. The first-order valence-electron chi connectivity index (χ1n) is 12.2. The van der Waals surface area contributed by atoms with Gasteiger partial charge in [0.25, 0.3) is 0 Å². The van der Waals surface area contributed by atoms with Crippen molar-refractivity contribution < 1.29 is 0 Å². The predicted octanol–water partition coefficient (Wildman–Crippen LogP) is 6.51. The average Bonchev–Trinajstić information content (AvgIpc) is 2.69. The Kier molecular flexibility index (Phi) is 14.4. The molecule has 0 fully saturated rings. The lowest BCUT2D eigenvalue weighted by atomic mass is 10.6. The molecule has 0 aromatic heterocycles. The van der Waals surface area contributed by atoms with E-state index in [9.17, 15) is 0 Å². The van der Waals surface area contributed by atoms with Crippen LogP contribution in [0.1, 0.15) is 0 Å². The summed E-state index contributed by atoms with van der Waals surface area (Å²) < 4.78 is 38.8. The van der Waals surface area contributed by atoms with Gasteiger partial charge >= 0.3 is 7.87 Å². The zero-order valence-corrected chi connectivity index (χ0v) is 31.6. The fourth-order valence-corrected chi connectivity index (χ4v) is 22.3. The van der Waals surface area contributed by atoms with E-state index in [2.05, 4.69) is 164 Å². The number of rotatable bonds is 13. The van der Waals surface area contributed by atoms with Crippen LogP contribution in [0.5, 0.6) is 0 Å². The van der Waals surface area contributed by atoms with Crippen LogP contribution in [0.15, 0.2) is 30.7 Å². The van der Waals surface area contributed by atoms with Gasteiger partial charge in [0.2, 0.25) is 7.51 Å². The molecule has 0 saturated carbocycles. The third kappa shape index (κ3) is 9.15. The topological polar surface area (TPSA) is 72.1 Å². The van der Waals surface area contributed by atoms with E-state index in [4.69, 9.17) is 18.1 Å². The zero-order valence-electron chi connectivity index (χ0n) is 27.1. The van der Waals surface area contributed by atoms with Gasteiger partial charge in [-0.15, -0.1) is 6.58 Å². The van der Waals surface area contributed by atoms with Gasteiger partial charge in [0.15, 0.2) is 0 Å². The summed E-state index contributed by atoms with van der Waals surface area (Å²) in [4.78, 5) is 0. The van der Waals surface area contributed by atoms with Gasteiger partial charge in [0.05, 0.1) is 0 Å². The second-order valence-electron chi connectivity index (χ2n) is 11.3. The van der Waals surface area contributed by atoms with Crippen LogP contribution in [-0.2, 0) is 0 Å². The summed E-state index contributed by atoms with van der Waals surface area (Å²) in [7, 11) is 15.9. The Morgan fingerprint density at radius 2 is 0.865 bits per heavy atom. The molecule has 0 aromatic rings. The van der Waals surface area contributed by atoms with E-state index in [-0.39, 0.29) is 0 Å². The molecular weight excluding hydrogens is 561 g/mol. The molecule has 16 heteroatoms. The van der Waals surface area contributed by atoms with Crippen molar-refractivity contribution in [3.8, 4) is 0 Å². The fourth-order valence-electron chi connectivity index (χ4n) is 3.61. The molecule has 0 aromatic carbocycles. The molecule has 0 atom stereocenters. The monoisotopic (exact) mass is 620 g/mol. The molecule has 0 aliphatic carbocycles. The molecular formula is C21H59N11P5+. The lowest BCUT2D eigenvalue weighted by molar-refractivity contribution is 0.456. The highest BCUT2D eigenvalue weighted by molar-refractivity contribution is 7.88. The minimum Gasteiger partial charge on any atom is -0.261 e. The van der Waals surface area contributed by atoms with Crippen LogP contribution in [0.4, 0.5) is 0 Å². The second-order valence-corrected chi connectivity index (χ2v) is 29.2. The second kappa shape index (κ2) is 14.1. The van der Waals surface area contributed by atoms with E-state index in [1.807, 2.05) is 6.08 Å². The third-order valence-corrected chi connectivity index (χ3v) is 25.1. The summed E-state index contributed by atoms with van der Waals surface area (Å²) in [6.45, 7) is 15.9. The molecule has 0 heterocycles. The van der Waals surface area contributed by atoms with E-state index in [1.54, 1.807) is 0 Å². The van der Waals surface area contributed by atoms with Crippen LogP contribution in [0.2, 0.25) is 0 Å².